The number of ether oxygens (including phenoxy) is 1. The molecule has 0 aliphatic carbocycles. The summed E-state index contributed by atoms with van der Waals surface area (Å²) in [5.41, 5.74) is 7.06. The van der Waals surface area contributed by atoms with Crippen LogP contribution in [-0.2, 0) is 14.6 Å². The number of benzene rings is 1. The number of hydrogen-bond acceptors (Lipinski definition) is 6. The third kappa shape index (κ3) is 4.10. The van der Waals surface area contributed by atoms with E-state index in [2.05, 4.69) is 5.32 Å². The molecule has 1 unspecified atom stereocenters. The predicted molar refractivity (Wildman–Crippen MR) is 82.1 cm³/mol. The molecule has 1 aromatic rings. The van der Waals surface area contributed by atoms with Gasteiger partial charge in [0.15, 0.2) is 9.84 Å². The lowest BCUT2D eigenvalue weighted by molar-refractivity contribution is 0.0527. The van der Waals surface area contributed by atoms with Crippen molar-refractivity contribution in [3.05, 3.63) is 23.8 Å². The van der Waals surface area contributed by atoms with Crippen LogP contribution in [0.2, 0.25) is 0 Å². The summed E-state index contributed by atoms with van der Waals surface area (Å²) >= 11 is 0. The van der Waals surface area contributed by atoms with E-state index in [1.54, 1.807) is 19.1 Å². The predicted octanol–water partition coefficient (Wildman–Crippen LogP) is 1.43. The minimum absolute atomic E-state index is 0.0830. The Morgan fingerprint density at radius 3 is 2.90 bits per heavy atom. The number of nitrogens with one attached hydrogen (secondary N) is 1. The number of esters is 1. The van der Waals surface area contributed by atoms with E-state index in [4.69, 9.17) is 10.5 Å². The van der Waals surface area contributed by atoms with Crippen LogP contribution in [0.1, 0.15) is 30.1 Å². The molecule has 7 heteroatoms. The lowest BCUT2D eigenvalue weighted by atomic mass is 10.1. The number of carbonyl (C=O) groups excluding carboxylic acids is 1. The SMILES string of the molecule is CCOC(=O)c1cc(N)ccc1NC1CCCS(=O)(=O)C1. The Morgan fingerprint density at radius 2 is 2.24 bits per heavy atom. The molecule has 0 spiro atoms. The number of nitrogen functional groups attached to an aromatic ring is 1. The van der Waals surface area contributed by atoms with Crippen molar-refractivity contribution < 1.29 is 17.9 Å². The standard InChI is InChI=1S/C14H20N2O4S/c1-2-20-14(17)12-8-10(15)5-6-13(12)16-11-4-3-7-21(18,19)9-11/h5-6,8,11,16H,2-4,7,9,15H2,1H3. The quantitative estimate of drug-likeness (QED) is 0.645. The molecular weight excluding hydrogens is 292 g/mol. The monoisotopic (exact) mass is 312 g/mol. The highest BCUT2D eigenvalue weighted by Crippen LogP contribution is 2.23. The molecule has 21 heavy (non-hydrogen) atoms. The normalized spacial score (nSPS) is 20.7. The van der Waals surface area contributed by atoms with Gasteiger partial charge in [0.05, 0.1) is 23.7 Å². The zero-order chi connectivity index (χ0) is 15.5. The molecular formula is C14H20N2O4S. The largest absolute Gasteiger partial charge is 0.462 e. The zero-order valence-electron chi connectivity index (χ0n) is 12.0. The molecule has 3 N–H and O–H groups in total. The highest BCUT2D eigenvalue weighted by molar-refractivity contribution is 7.91. The number of anilines is 2. The second-order valence-corrected chi connectivity index (χ2v) is 7.35. The lowest BCUT2D eigenvalue weighted by Gasteiger charge is -2.25. The third-order valence-corrected chi connectivity index (χ3v) is 5.18. The maximum atomic E-state index is 12.0. The molecule has 0 saturated carbocycles. The Kier molecular flexibility index (Phi) is 4.72. The number of hydrogen-bond donors (Lipinski definition) is 2. The van der Waals surface area contributed by atoms with E-state index in [1.807, 2.05) is 0 Å². The average Bonchev–Trinajstić information content (AvgIpc) is 2.40. The van der Waals surface area contributed by atoms with Crippen molar-refractivity contribution in [3.8, 4) is 0 Å². The third-order valence-electron chi connectivity index (χ3n) is 3.36. The molecule has 1 heterocycles. The second kappa shape index (κ2) is 6.34. The molecule has 116 valence electrons. The summed E-state index contributed by atoms with van der Waals surface area (Å²) < 4.78 is 28.4. The van der Waals surface area contributed by atoms with Crippen LogP contribution in [-0.4, -0.2) is 38.5 Å². The summed E-state index contributed by atoms with van der Waals surface area (Å²) in [4.78, 5) is 12.0. The van der Waals surface area contributed by atoms with Crippen LogP contribution in [0.15, 0.2) is 18.2 Å². The molecule has 0 amide bonds. The molecule has 1 saturated heterocycles. The van der Waals surface area contributed by atoms with Crippen LogP contribution in [0.3, 0.4) is 0 Å². The van der Waals surface area contributed by atoms with Gasteiger partial charge >= 0.3 is 5.97 Å². The van der Waals surface area contributed by atoms with E-state index in [1.165, 1.54) is 6.07 Å². The first-order valence-corrected chi connectivity index (χ1v) is 8.77. The van der Waals surface area contributed by atoms with Gasteiger partial charge in [0.2, 0.25) is 0 Å². The second-order valence-electron chi connectivity index (χ2n) is 5.12. The Balaban J connectivity index is 2.21. The number of rotatable bonds is 4. The first-order valence-electron chi connectivity index (χ1n) is 6.95. The maximum absolute atomic E-state index is 12.0. The number of sulfone groups is 1. The maximum Gasteiger partial charge on any atom is 0.340 e. The smallest absolute Gasteiger partial charge is 0.340 e. The number of carbonyl (C=O) groups is 1. The summed E-state index contributed by atoms with van der Waals surface area (Å²) in [5, 5.41) is 3.14. The average molecular weight is 312 g/mol. The summed E-state index contributed by atoms with van der Waals surface area (Å²) in [6.45, 7) is 2.00. The molecule has 6 nitrogen and oxygen atoms in total. The van der Waals surface area contributed by atoms with Crippen molar-refractivity contribution in [2.45, 2.75) is 25.8 Å². The highest BCUT2D eigenvalue weighted by Gasteiger charge is 2.25. The van der Waals surface area contributed by atoms with Gasteiger partial charge in [-0.1, -0.05) is 0 Å². The first kappa shape index (κ1) is 15.6. The van der Waals surface area contributed by atoms with Crippen molar-refractivity contribution in [3.63, 3.8) is 0 Å². The Hall–Kier alpha value is -1.76. The molecule has 1 aliphatic heterocycles. The van der Waals surface area contributed by atoms with Gasteiger partial charge in [0.25, 0.3) is 0 Å². The topological polar surface area (TPSA) is 98.5 Å². The van der Waals surface area contributed by atoms with Gasteiger partial charge in [0, 0.05) is 17.4 Å². The van der Waals surface area contributed by atoms with Crippen LogP contribution in [0.25, 0.3) is 0 Å². The van der Waals surface area contributed by atoms with Gasteiger partial charge in [-0.2, -0.15) is 0 Å². The summed E-state index contributed by atoms with van der Waals surface area (Å²) in [7, 11) is -3.01. The molecule has 2 rings (SSSR count). The van der Waals surface area contributed by atoms with E-state index in [0.717, 1.165) is 6.42 Å². The molecule has 0 radical (unpaired) electrons. The first-order chi connectivity index (χ1) is 9.91. The minimum atomic E-state index is -3.01. The van der Waals surface area contributed by atoms with Gasteiger partial charge < -0.3 is 15.8 Å². The molecule has 0 bridgehead atoms. The molecule has 0 aromatic heterocycles. The minimum Gasteiger partial charge on any atom is -0.462 e. The molecule has 1 aromatic carbocycles. The summed E-state index contributed by atoms with van der Waals surface area (Å²) in [6, 6.07) is 4.70. The zero-order valence-corrected chi connectivity index (χ0v) is 12.8. The molecule has 1 aliphatic rings. The van der Waals surface area contributed by atoms with Crippen LogP contribution in [0.4, 0.5) is 11.4 Å². The summed E-state index contributed by atoms with van der Waals surface area (Å²) in [6.07, 6.45) is 1.38. The van der Waals surface area contributed by atoms with E-state index in [-0.39, 0.29) is 24.2 Å². The van der Waals surface area contributed by atoms with Crippen molar-refractivity contribution >= 4 is 27.2 Å². The fraction of sp³-hybridized carbons (Fsp3) is 0.500. The Morgan fingerprint density at radius 1 is 1.48 bits per heavy atom. The van der Waals surface area contributed by atoms with Gasteiger partial charge in [-0.05, 0) is 38.0 Å². The molecule has 1 fully saturated rings. The van der Waals surface area contributed by atoms with Crippen LogP contribution < -0.4 is 11.1 Å². The van der Waals surface area contributed by atoms with Gasteiger partial charge in [-0.15, -0.1) is 0 Å². The van der Waals surface area contributed by atoms with E-state index >= 15 is 0 Å². The van der Waals surface area contributed by atoms with Gasteiger partial charge in [0.1, 0.15) is 0 Å². The molecule has 1 atom stereocenters. The highest BCUT2D eigenvalue weighted by atomic mass is 32.2. The van der Waals surface area contributed by atoms with E-state index < -0.39 is 15.8 Å². The number of nitrogens with two attached hydrogens (primary N) is 1. The van der Waals surface area contributed by atoms with Crippen molar-refractivity contribution in [2.75, 3.05) is 29.2 Å². The van der Waals surface area contributed by atoms with Crippen molar-refractivity contribution in [2.24, 2.45) is 0 Å². The van der Waals surface area contributed by atoms with Crippen LogP contribution in [0, 0.1) is 0 Å². The van der Waals surface area contributed by atoms with E-state index in [9.17, 15) is 13.2 Å². The van der Waals surface area contributed by atoms with Crippen LogP contribution in [0.5, 0.6) is 0 Å². The van der Waals surface area contributed by atoms with Gasteiger partial charge in [-0.25, -0.2) is 13.2 Å². The van der Waals surface area contributed by atoms with E-state index in [0.29, 0.717) is 23.4 Å². The lowest BCUT2D eigenvalue weighted by Crippen LogP contribution is -2.35. The van der Waals surface area contributed by atoms with Crippen LogP contribution >= 0.6 is 0 Å². The Labute approximate surface area is 124 Å². The van der Waals surface area contributed by atoms with Crippen molar-refractivity contribution in [1.82, 2.24) is 0 Å². The Bertz CT molecular complexity index is 628. The fourth-order valence-corrected chi connectivity index (χ4v) is 4.06. The van der Waals surface area contributed by atoms with Gasteiger partial charge in [-0.3, -0.25) is 0 Å². The fourth-order valence-electron chi connectivity index (χ4n) is 2.42. The van der Waals surface area contributed by atoms with Crippen molar-refractivity contribution in [1.29, 1.82) is 0 Å². The summed E-state index contributed by atoms with van der Waals surface area (Å²) in [5.74, 6) is -0.150.